The first-order valence-electron chi connectivity index (χ1n) is 8.56. The third-order valence-electron chi connectivity index (χ3n) is 4.33. The molecule has 4 rings (SSSR count). The van der Waals surface area contributed by atoms with Crippen LogP contribution in [0.25, 0.3) is 11.5 Å². The summed E-state index contributed by atoms with van der Waals surface area (Å²) in [5.41, 5.74) is 1.64. The van der Waals surface area contributed by atoms with Crippen molar-refractivity contribution in [3.05, 3.63) is 65.2 Å². The van der Waals surface area contributed by atoms with Crippen molar-refractivity contribution in [2.45, 2.75) is 31.7 Å². The van der Waals surface area contributed by atoms with Gasteiger partial charge in [-0.25, -0.2) is 8.78 Å². The number of nitrogens with one attached hydrogen (secondary N) is 1. The van der Waals surface area contributed by atoms with Gasteiger partial charge >= 0.3 is 0 Å². The Morgan fingerprint density at radius 1 is 1.22 bits per heavy atom. The predicted molar refractivity (Wildman–Crippen MR) is 91.7 cm³/mol. The molecular weight excluding hydrogens is 354 g/mol. The molecule has 1 unspecified atom stereocenters. The molecule has 8 heteroatoms. The third kappa shape index (κ3) is 3.84. The molecular formula is C19H16F2N4O2. The van der Waals surface area contributed by atoms with Crippen LogP contribution in [0.5, 0.6) is 0 Å². The van der Waals surface area contributed by atoms with Gasteiger partial charge in [-0.05, 0) is 44.0 Å². The second-order valence-corrected chi connectivity index (χ2v) is 6.55. The molecule has 0 saturated heterocycles. The molecule has 1 fully saturated rings. The summed E-state index contributed by atoms with van der Waals surface area (Å²) in [7, 11) is 0. The number of carbonyl (C=O) groups is 1. The molecule has 27 heavy (non-hydrogen) atoms. The number of aromatic nitrogens is 3. The Hall–Kier alpha value is -3.16. The molecule has 0 bridgehead atoms. The first-order valence-corrected chi connectivity index (χ1v) is 8.56. The minimum atomic E-state index is -0.821. The Balaban J connectivity index is 1.49. The number of benzene rings is 1. The van der Waals surface area contributed by atoms with E-state index in [1.165, 1.54) is 0 Å². The van der Waals surface area contributed by atoms with Gasteiger partial charge in [-0.3, -0.25) is 9.78 Å². The van der Waals surface area contributed by atoms with Gasteiger partial charge in [-0.2, -0.15) is 4.98 Å². The highest BCUT2D eigenvalue weighted by molar-refractivity contribution is 5.94. The highest BCUT2D eigenvalue weighted by Crippen LogP contribution is 2.39. The molecule has 1 atom stereocenters. The Labute approximate surface area is 153 Å². The van der Waals surface area contributed by atoms with E-state index in [1.54, 1.807) is 19.2 Å². The van der Waals surface area contributed by atoms with Crippen LogP contribution in [-0.2, 0) is 0 Å². The van der Waals surface area contributed by atoms with Crippen molar-refractivity contribution in [3.8, 4) is 11.5 Å². The van der Waals surface area contributed by atoms with Crippen LogP contribution < -0.4 is 5.32 Å². The van der Waals surface area contributed by atoms with E-state index in [4.69, 9.17) is 4.52 Å². The number of halogens is 2. The van der Waals surface area contributed by atoms with Crippen LogP contribution >= 0.6 is 0 Å². The molecule has 2 aromatic heterocycles. The van der Waals surface area contributed by atoms with E-state index >= 15 is 0 Å². The molecule has 1 aromatic carbocycles. The van der Waals surface area contributed by atoms with Gasteiger partial charge in [-0.1, -0.05) is 5.16 Å². The number of amides is 1. The lowest BCUT2D eigenvalue weighted by Gasteiger charge is -2.10. The topological polar surface area (TPSA) is 80.9 Å². The maximum Gasteiger partial charge on any atom is 0.258 e. The number of hydrogen-bond donors (Lipinski definition) is 1. The zero-order chi connectivity index (χ0) is 19.0. The van der Waals surface area contributed by atoms with E-state index in [1.807, 2.05) is 6.07 Å². The molecule has 6 nitrogen and oxygen atoms in total. The van der Waals surface area contributed by atoms with E-state index in [-0.39, 0.29) is 11.4 Å². The lowest BCUT2D eigenvalue weighted by Crippen LogP contribution is -2.27. The van der Waals surface area contributed by atoms with Crippen LogP contribution in [0.4, 0.5) is 8.78 Å². The maximum absolute atomic E-state index is 13.3. The number of pyridine rings is 1. The average Bonchev–Trinajstić information content (AvgIpc) is 3.37. The third-order valence-corrected chi connectivity index (χ3v) is 4.33. The second-order valence-electron chi connectivity index (χ2n) is 6.55. The highest BCUT2D eigenvalue weighted by atomic mass is 19.1. The molecule has 0 spiro atoms. The molecule has 0 aliphatic heterocycles. The summed E-state index contributed by atoms with van der Waals surface area (Å²) in [6.45, 7) is 1.66. The van der Waals surface area contributed by atoms with Crippen molar-refractivity contribution < 1.29 is 18.1 Å². The summed E-state index contributed by atoms with van der Waals surface area (Å²) in [5.74, 6) is -1.19. The largest absolute Gasteiger partial charge is 0.342 e. The Bertz CT molecular complexity index is 981. The Morgan fingerprint density at radius 3 is 2.67 bits per heavy atom. The molecule has 1 aliphatic rings. The zero-order valence-electron chi connectivity index (χ0n) is 14.4. The molecule has 2 heterocycles. The van der Waals surface area contributed by atoms with Gasteiger partial charge in [0, 0.05) is 35.0 Å². The van der Waals surface area contributed by atoms with Gasteiger partial charge in [0.2, 0.25) is 0 Å². The Kier molecular flexibility index (Phi) is 4.39. The van der Waals surface area contributed by atoms with Crippen molar-refractivity contribution in [2.24, 2.45) is 0 Å². The predicted octanol–water partition coefficient (Wildman–Crippen LogP) is 3.78. The SMILES string of the molecule is CC(NC(=O)c1cc(F)cc(F)c1)c1noc(-c2ccnc(C3CC3)c2)n1. The fourth-order valence-electron chi connectivity index (χ4n) is 2.74. The minimum Gasteiger partial charge on any atom is -0.342 e. The van der Waals surface area contributed by atoms with E-state index in [2.05, 4.69) is 20.4 Å². The van der Waals surface area contributed by atoms with Gasteiger partial charge in [-0.15, -0.1) is 0 Å². The smallest absolute Gasteiger partial charge is 0.258 e. The summed E-state index contributed by atoms with van der Waals surface area (Å²) in [6, 6.07) is 5.73. The summed E-state index contributed by atoms with van der Waals surface area (Å²) in [6.07, 6.45) is 3.97. The molecule has 0 radical (unpaired) electrons. The lowest BCUT2D eigenvalue weighted by molar-refractivity contribution is 0.0937. The van der Waals surface area contributed by atoms with E-state index in [0.717, 1.165) is 36.2 Å². The number of hydrogen-bond acceptors (Lipinski definition) is 5. The van der Waals surface area contributed by atoms with Gasteiger partial charge < -0.3 is 9.84 Å². The van der Waals surface area contributed by atoms with Gasteiger partial charge in [0.15, 0.2) is 5.82 Å². The van der Waals surface area contributed by atoms with Gasteiger partial charge in [0.05, 0.1) is 6.04 Å². The highest BCUT2D eigenvalue weighted by Gasteiger charge is 2.26. The van der Waals surface area contributed by atoms with Crippen molar-refractivity contribution >= 4 is 5.91 Å². The van der Waals surface area contributed by atoms with Crippen LogP contribution in [0.2, 0.25) is 0 Å². The summed E-state index contributed by atoms with van der Waals surface area (Å²) < 4.78 is 31.8. The monoisotopic (exact) mass is 370 g/mol. The summed E-state index contributed by atoms with van der Waals surface area (Å²) in [4.78, 5) is 20.9. The quantitative estimate of drug-likeness (QED) is 0.739. The zero-order valence-corrected chi connectivity index (χ0v) is 14.4. The van der Waals surface area contributed by atoms with E-state index in [9.17, 15) is 13.6 Å². The fourth-order valence-corrected chi connectivity index (χ4v) is 2.74. The molecule has 1 saturated carbocycles. The molecule has 1 aliphatic carbocycles. The minimum absolute atomic E-state index is 0.119. The standard InChI is InChI=1S/C19H16F2N4O2/c1-10(23-18(26)13-6-14(20)9-15(21)7-13)17-24-19(27-25-17)12-4-5-22-16(8-12)11-2-3-11/h4-11H,2-3H2,1H3,(H,23,26). The molecule has 1 N–H and O–H groups in total. The van der Waals surface area contributed by atoms with Crippen molar-refractivity contribution in [1.82, 2.24) is 20.4 Å². The fraction of sp³-hybridized carbons (Fsp3) is 0.263. The summed E-state index contributed by atoms with van der Waals surface area (Å²) in [5, 5.41) is 6.50. The van der Waals surface area contributed by atoms with Crippen LogP contribution in [-0.4, -0.2) is 21.0 Å². The van der Waals surface area contributed by atoms with Crippen molar-refractivity contribution in [3.63, 3.8) is 0 Å². The van der Waals surface area contributed by atoms with Gasteiger partial charge in [0.25, 0.3) is 11.8 Å². The van der Waals surface area contributed by atoms with Crippen LogP contribution in [0.3, 0.4) is 0 Å². The van der Waals surface area contributed by atoms with Crippen molar-refractivity contribution in [1.29, 1.82) is 0 Å². The van der Waals surface area contributed by atoms with Gasteiger partial charge in [0.1, 0.15) is 11.6 Å². The van der Waals surface area contributed by atoms with Crippen LogP contribution in [0, 0.1) is 11.6 Å². The summed E-state index contributed by atoms with van der Waals surface area (Å²) >= 11 is 0. The maximum atomic E-state index is 13.3. The number of carbonyl (C=O) groups excluding carboxylic acids is 1. The van der Waals surface area contributed by atoms with Crippen molar-refractivity contribution in [2.75, 3.05) is 0 Å². The molecule has 3 aromatic rings. The number of rotatable bonds is 5. The number of nitrogens with zero attached hydrogens (tertiary/aromatic N) is 3. The van der Waals surface area contributed by atoms with Crippen LogP contribution in [0.15, 0.2) is 41.1 Å². The second kappa shape index (κ2) is 6.86. The molecule has 1 amide bonds. The first-order chi connectivity index (χ1) is 13.0. The molecule has 138 valence electrons. The Morgan fingerprint density at radius 2 is 1.96 bits per heavy atom. The normalized spacial score (nSPS) is 14.8. The first kappa shape index (κ1) is 17.3. The van der Waals surface area contributed by atoms with E-state index < -0.39 is 23.6 Å². The lowest BCUT2D eigenvalue weighted by atomic mass is 10.1. The van der Waals surface area contributed by atoms with E-state index in [0.29, 0.717) is 17.9 Å². The van der Waals surface area contributed by atoms with Crippen LogP contribution in [0.1, 0.15) is 53.6 Å². The average molecular weight is 370 g/mol.